The van der Waals surface area contributed by atoms with Crippen molar-refractivity contribution in [3.8, 4) is 5.82 Å². The van der Waals surface area contributed by atoms with E-state index >= 15 is 0 Å². The molecule has 3 atom stereocenters. The van der Waals surface area contributed by atoms with Crippen molar-refractivity contribution in [3.63, 3.8) is 0 Å². The van der Waals surface area contributed by atoms with Crippen LogP contribution in [0.5, 0.6) is 0 Å². The zero-order valence-corrected chi connectivity index (χ0v) is 19.7. The van der Waals surface area contributed by atoms with Crippen molar-refractivity contribution in [2.45, 2.75) is 51.7 Å². The number of amides is 2. The lowest BCUT2D eigenvalue weighted by atomic mass is 10.00. The van der Waals surface area contributed by atoms with Gasteiger partial charge in [0, 0.05) is 12.7 Å². The molecule has 2 N–H and O–H groups in total. The first-order valence-electron chi connectivity index (χ1n) is 11.6. The van der Waals surface area contributed by atoms with Crippen LogP contribution < -0.4 is 10.6 Å². The molecule has 0 saturated carbocycles. The smallest absolute Gasteiger partial charge is 0.245 e. The number of pyridine rings is 1. The first-order valence-corrected chi connectivity index (χ1v) is 11.6. The van der Waals surface area contributed by atoms with E-state index in [1.54, 1.807) is 26.5 Å². The van der Waals surface area contributed by atoms with E-state index in [-0.39, 0.29) is 29.8 Å². The number of likely N-dealkylation sites (tertiary alicyclic amines) is 1. The van der Waals surface area contributed by atoms with Gasteiger partial charge in [0.1, 0.15) is 18.2 Å². The van der Waals surface area contributed by atoms with Gasteiger partial charge in [-0.3, -0.25) is 14.2 Å². The number of rotatable bonds is 7. The van der Waals surface area contributed by atoms with Crippen LogP contribution in [0.15, 0.2) is 48.9 Å². The van der Waals surface area contributed by atoms with Gasteiger partial charge in [0.25, 0.3) is 0 Å². The zero-order valence-electron chi connectivity index (χ0n) is 19.7. The van der Waals surface area contributed by atoms with Crippen LogP contribution >= 0.6 is 0 Å². The maximum Gasteiger partial charge on any atom is 0.245 e. The zero-order chi connectivity index (χ0) is 23.5. The van der Waals surface area contributed by atoms with Crippen LogP contribution in [-0.4, -0.2) is 56.9 Å². The number of aromatic nitrogens is 3. The van der Waals surface area contributed by atoms with Gasteiger partial charge in [0.15, 0.2) is 0 Å². The molecule has 1 aliphatic heterocycles. The highest BCUT2D eigenvalue weighted by atomic mass is 16.2. The third-order valence-electron chi connectivity index (χ3n) is 6.45. The number of hydrogen-bond donors (Lipinski definition) is 2. The molecular formula is C25H32N6O2. The standard InChI is InChI=1S/C25H32N6O2/c1-16(2)23(29-24(32)17(3)26-4)25(33)30-13-7-10-20(30)18-11-12-27-22(14-18)31-15-28-19-8-5-6-9-21(19)31/h5-6,8-9,11-12,14-17,20,23,26H,7,10,13H2,1-4H3,(H,29,32)/t17?,20-,23-/m0/s1. The van der Waals surface area contributed by atoms with Crippen molar-refractivity contribution in [1.29, 1.82) is 0 Å². The molecule has 4 rings (SSSR count). The largest absolute Gasteiger partial charge is 0.343 e. The molecule has 33 heavy (non-hydrogen) atoms. The molecule has 0 radical (unpaired) electrons. The number of nitrogens with zero attached hydrogens (tertiary/aromatic N) is 4. The van der Waals surface area contributed by atoms with Crippen LogP contribution in [0.2, 0.25) is 0 Å². The lowest BCUT2D eigenvalue weighted by molar-refractivity contribution is -0.138. The second kappa shape index (κ2) is 9.70. The van der Waals surface area contributed by atoms with Crippen molar-refractivity contribution in [1.82, 2.24) is 30.1 Å². The molecular weight excluding hydrogens is 416 g/mol. The number of benzene rings is 1. The quantitative estimate of drug-likeness (QED) is 0.580. The van der Waals surface area contributed by atoms with Crippen molar-refractivity contribution in [2.75, 3.05) is 13.6 Å². The summed E-state index contributed by atoms with van der Waals surface area (Å²) in [6.07, 6.45) is 5.37. The van der Waals surface area contributed by atoms with Gasteiger partial charge in [-0.1, -0.05) is 26.0 Å². The lowest BCUT2D eigenvalue weighted by Crippen LogP contribution is -2.54. The Kier molecular flexibility index (Phi) is 6.74. The van der Waals surface area contributed by atoms with Crippen LogP contribution in [-0.2, 0) is 9.59 Å². The van der Waals surface area contributed by atoms with E-state index in [0.29, 0.717) is 6.54 Å². The molecule has 1 fully saturated rings. The van der Waals surface area contributed by atoms with Crippen LogP contribution in [0.4, 0.5) is 0 Å². The number of para-hydroxylation sites is 2. The van der Waals surface area contributed by atoms with E-state index in [2.05, 4.69) is 20.6 Å². The topological polar surface area (TPSA) is 92.2 Å². The Hall–Kier alpha value is -3.26. The number of likely N-dealkylation sites (N-methyl/N-ethyl adjacent to an activating group) is 1. The Morgan fingerprint density at radius 2 is 1.91 bits per heavy atom. The molecule has 1 saturated heterocycles. The van der Waals surface area contributed by atoms with Gasteiger partial charge in [-0.05, 0) is 62.6 Å². The molecule has 1 aliphatic rings. The fourth-order valence-corrected chi connectivity index (χ4v) is 4.39. The lowest BCUT2D eigenvalue weighted by Gasteiger charge is -2.32. The Bertz CT molecular complexity index is 1140. The van der Waals surface area contributed by atoms with E-state index in [9.17, 15) is 9.59 Å². The molecule has 8 heteroatoms. The fourth-order valence-electron chi connectivity index (χ4n) is 4.39. The van der Waals surface area contributed by atoms with Gasteiger partial charge in [-0.25, -0.2) is 9.97 Å². The molecule has 3 heterocycles. The summed E-state index contributed by atoms with van der Waals surface area (Å²) in [6, 6.07) is 11.0. The molecule has 3 aromatic rings. The number of fused-ring (bicyclic) bond motifs is 1. The maximum atomic E-state index is 13.6. The Labute approximate surface area is 194 Å². The third kappa shape index (κ3) is 4.61. The minimum Gasteiger partial charge on any atom is -0.343 e. The molecule has 0 spiro atoms. The van der Waals surface area contributed by atoms with Gasteiger partial charge < -0.3 is 15.5 Å². The highest BCUT2D eigenvalue weighted by molar-refractivity contribution is 5.90. The van der Waals surface area contributed by atoms with Gasteiger partial charge in [0.2, 0.25) is 11.8 Å². The average molecular weight is 449 g/mol. The third-order valence-corrected chi connectivity index (χ3v) is 6.45. The number of nitrogens with one attached hydrogen (secondary N) is 2. The van der Waals surface area contributed by atoms with E-state index in [4.69, 9.17) is 0 Å². The molecule has 174 valence electrons. The number of carbonyl (C=O) groups excluding carboxylic acids is 2. The average Bonchev–Trinajstić information content (AvgIpc) is 3.49. The summed E-state index contributed by atoms with van der Waals surface area (Å²) in [6.45, 7) is 6.39. The second-order valence-electron chi connectivity index (χ2n) is 8.98. The summed E-state index contributed by atoms with van der Waals surface area (Å²) in [4.78, 5) is 37.0. The first-order chi connectivity index (χ1) is 15.9. The second-order valence-corrected chi connectivity index (χ2v) is 8.98. The van der Waals surface area contributed by atoms with Crippen molar-refractivity contribution >= 4 is 22.8 Å². The van der Waals surface area contributed by atoms with E-state index in [1.165, 1.54) is 0 Å². The van der Waals surface area contributed by atoms with Crippen LogP contribution in [0.1, 0.15) is 45.2 Å². The summed E-state index contributed by atoms with van der Waals surface area (Å²) < 4.78 is 1.97. The summed E-state index contributed by atoms with van der Waals surface area (Å²) in [7, 11) is 1.73. The summed E-state index contributed by atoms with van der Waals surface area (Å²) in [5.41, 5.74) is 2.94. The summed E-state index contributed by atoms with van der Waals surface area (Å²) in [5, 5.41) is 5.89. The van der Waals surface area contributed by atoms with Gasteiger partial charge >= 0.3 is 0 Å². The number of hydrogen-bond acceptors (Lipinski definition) is 5. The maximum absolute atomic E-state index is 13.6. The van der Waals surface area contributed by atoms with Crippen molar-refractivity contribution in [2.24, 2.45) is 5.92 Å². The molecule has 0 aliphatic carbocycles. The highest BCUT2D eigenvalue weighted by Crippen LogP contribution is 2.33. The van der Waals surface area contributed by atoms with Gasteiger partial charge in [-0.2, -0.15) is 0 Å². The molecule has 0 bridgehead atoms. The van der Waals surface area contributed by atoms with Gasteiger partial charge in [-0.15, -0.1) is 0 Å². The SMILES string of the molecule is CNC(C)C(=O)N[C@H](C(=O)N1CCC[C@H]1c1ccnc(-n2cnc3ccccc32)c1)C(C)C. The molecule has 8 nitrogen and oxygen atoms in total. The molecule has 1 aromatic carbocycles. The van der Waals surface area contributed by atoms with Crippen LogP contribution in [0.25, 0.3) is 16.9 Å². The highest BCUT2D eigenvalue weighted by Gasteiger charge is 2.36. The molecule has 2 amide bonds. The van der Waals surface area contributed by atoms with E-state index < -0.39 is 6.04 Å². The van der Waals surface area contributed by atoms with E-state index in [1.807, 2.05) is 59.7 Å². The summed E-state index contributed by atoms with van der Waals surface area (Å²) in [5.74, 6) is 0.559. The number of imidazole rings is 1. The predicted molar refractivity (Wildman–Crippen MR) is 128 cm³/mol. The van der Waals surface area contributed by atoms with E-state index in [0.717, 1.165) is 35.3 Å². The van der Waals surface area contributed by atoms with Crippen LogP contribution in [0.3, 0.4) is 0 Å². The Balaban J connectivity index is 1.60. The monoisotopic (exact) mass is 448 g/mol. The Morgan fingerprint density at radius 1 is 1.12 bits per heavy atom. The fraction of sp³-hybridized carbons (Fsp3) is 0.440. The minimum absolute atomic E-state index is 0.0166. The summed E-state index contributed by atoms with van der Waals surface area (Å²) >= 11 is 0. The Morgan fingerprint density at radius 3 is 2.67 bits per heavy atom. The normalized spacial score (nSPS) is 18.0. The first kappa shape index (κ1) is 22.9. The van der Waals surface area contributed by atoms with Gasteiger partial charge in [0.05, 0.1) is 23.1 Å². The molecule has 2 aromatic heterocycles. The van der Waals surface area contributed by atoms with Crippen molar-refractivity contribution < 1.29 is 9.59 Å². The molecule has 1 unspecified atom stereocenters. The minimum atomic E-state index is -0.562. The number of carbonyl (C=O) groups is 2. The van der Waals surface area contributed by atoms with Crippen LogP contribution in [0, 0.1) is 5.92 Å². The predicted octanol–water partition coefficient (Wildman–Crippen LogP) is 2.83. The van der Waals surface area contributed by atoms with Crippen molar-refractivity contribution in [3.05, 3.63) is 54.5 Å².